The van der Waals surface area contributed by atoms with Crippen LogP contribution < -0.4 is 5.32 Å². The molecular formula is C12H26N2. The number of likely N-dealkylation sites (N-methyl/N-ethyl adjacent to an activating group) is 1. The lowest BCUT2D eigenvalue weighted by Crippen LogP contribution is -2.46. The first kappa shape index (κ1) is 12.0. The molecule has 1 rings (SSSR count). The molecule has 1 atom stereocenters. The first-order chi connectivity index (χ1) is 6.52. The zero-order valence-electron chi connectivity index (χ0n) is 10.3. The van der Waals surface area contributed by atoms with Gasteiger partial charge in [-0.15, -0.1) is 0 Å². The van der Waals surface area contributed by atoms with Crippen molar-refractivity contribution in [3.05, 3.63) is 0 Å². The Morgan fingerprint density at radius 3 is 2.57 bits per heavy atom. The zero-order valence-corrected chi connectivity index (χ0v) is 10.3. The first-order valence-corrected chi connectivity index (χ1v) is 5.90. The summed E-state index contributed by atoms with van der Waals surface area (Å²) in [5.41, 5.74) is 0.505. The van der Waals surface area contributed by atoms with Crippen molar-refractivity contribution >= 4 is 0 Å². The summed E-state index contributed by atoms with van der Waals surface area (Å²) in [5, 5.41) is 3.70. The average molecular weight is 198 g/mol. The van der Waals surface area contributed by atoms with Gasteiger partial charge in [-0.05, 0) is 32.4 Å². The van der Waals surface area contributed by atoms with Crippen LogP contribution in [0.15, 0.2) is 0 Å². The van der Waals surface area contributed by atoms with Gasteiger partial charge in [-0.2, -0.15) is 0 Å². The molecule has 1 aliphatic carbocycles. The van der Waals surface area contributed by atoms with Gasteiger partial charge in [-0.1, -0.05) is 26.7 Å². The molecule has 2 nitrogen and oxygen atoms in total. The topological polar surface area (TPSA) is 15.3 Å². The summed E-state index contributed by atoms with van der Waals surface area (Å²) in [5.74, 6) is 0. The lowest BCUT2D eigenvalue weighted by molar-refractivity contribution is 0.165. The van der Waals surface area contributed by atoms with Crippen LogP contribution in [-0.2, 0) is 0 Å². The molecule has 0 heterocycles. The Morgan fingerprint density at radius 1 is 1.29 bits per heavy atom. The van der Waals surface area contributed by atoms with Crippen molar-refractivity contribution in [1.82, 2.24) is 10.2 Å². The predicted molar refractivity (Wildman–Crippen MR) is 62.6 cm³/mol. The molecule has 14 heavy (non-hydrogen) atoms. The maximum absolute atomic E-state index is 3.70. The van der Waals surface area contributed by atoms with Gasteiger partial charge in [-0.3, -0.25) is 0 Å². The molecule has 0 aromatic rings. The molecule has 1 N–H and O–H groups in total. The third-order valence-electron chi connectivity index (χ3n) is 3.46. The van der Waals surface area contributed by atoms with E-state index in [2.05, 4.69) is 38.2 Å². The van der Waals surface area contributed by atoms with Gasteiger partial charge in [-0.25, -0.2) is 0 Å². The molecule has 0 aromatic carbocycles. The Kier molecular flexibility index (Phi) is 4.39. The van der Waals surface area contributed by atoms with Gasteiger partial charge in [0.1, 0.15) is 0 Å². The van der Waals surface area contributed by atoms with Crippen LogP contribution in [0.2, 0.25) is 0 Å². The number of hydrogen-bond donors (Lipinski definition) is 1. The molecule has 84 valence electrons. The number of nitrogens with zero attached hydrogens (tertiary/aromatic N) is 1. The highest BCUT2D eigenvalue weighted by Crippen LogP contribution is 2.35. The van der Waals surface area contributed by atoms with Gasteiger partial charge in [0.15, 0.2) is 0 Å². The SMILES string of the molecule is CN(C)CCNC1CCCCC1(C)C. The second kappa shape index (κ2) is 5.13. The van der Waals surface area contributed by atoms with E-state index in [-0.39, 0.29) is 0 Å². The molecule has 1 aliphatic rings. The van der Waals surface area contributed by atoms with E-state index in [0.717, 1.165) is 19.1 Å². The van der Waals surface area contributed by atoms with Gasteiger partial charge >= 0.3 is 0 Å². The fraction of sp³-hybridized carbons (Fsp3) is 1.00. The number of nitrogens with one attached hydrogen (secondary N) is 1. The van der Waals surface area contributed by atoms with E-state index < -0.39 is 0 Å². The standard InChI is InChI=1S/C12H26N2/c1-12(2)8-6-5-7-11(12)13-9-10-14(3)4/h11,13H,5-10H2,1-4H3. The summed E-state index contributed by atoms with van der Waals surface area (Å²) in [4.78, 5) is 2.24. The van der Waals surface area contributed by atoms with Crippen LogP contribution in [-0.4, -0.2) is 38.1 Å². The summed E-state index contributed by atoms with van der Waals surface area (Å²) < 4.78 is 0. The molecule has 1 fully saturated rings. The van der Waals surface area contributed by atoms with E-state index >= 15 is 0 Å². The third-order valence-corrected chi connectivity index (χ3v) is 3.46. The second-order valence-electron chi connectivity index (χ2n) is 5.54. The quantitative estimate of drug-likeness (QED) is 0.744. The summed E-state index contributed by atoms with van der Waals surface area (Å²) in [6, 6.07) is 0.733. The molecule has 0 radical (unpaired) electrons. The van der Waals surface area contributed by atoms with Crippen LogP contribution in [0.5, 0.6) is 0 Å². The van der Waals surface area contributed by atoms with Crippen LogP contribution in [0.1, 0.15) is 39.5 Å². The monoisotopic (exact) mass is 198 g/mol. The number of rotatable bonds is 4. The van der Waals surface area contributed by atoms with Crippen LogP contribution in [0.4, 0.5) is 0 Å². The predicted octanol–water partition coefficient (Wildman–Crippen LogP) is 2.11. The Bertz CT molecular complexity index is 164. The van der Waals surface area contributed by atoms with Gasteiger partial charge in [0, 0.05) is 19.1 Å². The normalized spacial score (nSPS) is 26.8. The molecule has 1 unspecified atom stereocenters. The lowest BCUT2D eigenvalue weighted by atomic mass is 9.73. The van der Waals surface area contributed by atoms with Crippen LogP contribution in [0.3, 0.4) is 0 Å². The summed E-state index contributed by atoms with van der Waals surface area (Å²) in [7, 11) is 4.27. The van der Waals surface area contributed by atoms with Crippen molar-refractivity contribution in [3.8, 4) is 0 Å². The molecule has 1 saturated carbocycles. The molecule has 0 amide bonds. The maximum Gasteiger partial charge on any atom is 0.0119 e. The van der Waals surface area contributed by atoms with Crippen LogP contribution in [0.25, 0.3) is 0 Å². The van der Waals surface area contributed by atoms with E-state index in [4.69, 9.17) is 0 Å². The van der Waals surface area contributed by atoms with E-state index in [9.17, 15) is 0 Å². The van der Waals surface area contributed by atoms with Crippen molar-refractivity contribution < 1.29 is 0 Å². The van der Waals surface area contributed by atoms with Crippen molar-refractivity contribution in [1.29, 1.82) is 0 Å². The second-order valence-corrected chi connectivity index (χ2v) is 5.54. The van der Waals surface area contributed by atoms with Gasteiger partial charge in [0.05, 0.1) is 0 Å². The van der Waals surface area contributed by atoms with E-state index in [1.165, 1.54) is 25.7 Å². The Hall–Kier alpha value is -0.0800. The highest BCUT2D eigenvalue weighted by Gasteiger charge is 2.31. The van der Waals surface area contributed by atoms with Gasteiger partial charge in [0.2, 0.25) is 0 Å². The fourth-order valence-corrected chi connectivity index (χ4v) is 2.33. The van der Waals surface area contributed by atoms with Gasteiger partial charge < -0.3 is 10.2 Å². The zero-order chi connectivity index (χ0) is 10.6. The molecule has 2 heteroatoms. The molecule has 0 spiro atoms. The first-order valence-electron chi connectivity index (χ1n) is 5.90. The highest BCUT2D eigenvalue weighted by atomic mass is 15.1. The third kappa shape index (κ3) is 3.58. The average Bonchev–Trinajstić information content (AvgIpc) is 2.07. The van der Waals surface area contributed by atoms with Crippen molar-refractivity contribution in [2.45, 2.75) is 45.6 Å². The summed E-state index contributed by atoms with van der Waals surface area (Å²) >= 11 is 0. The van der Waals surface area contributed by atoms with Crippen LogP contribution in [0, 0.1) is 5.41 Å². The van der Waals surface area contributed by atoms with Crippen LogP contribution >= 0.6 is 0 Å². The minimum atomic E-state index is 0.505. The minimum absolute atomic E-state index is 0.505. The Balaban J connectivity index is 2.27. The maximum atomic E-state index is 3.70. The van der Waals surface area contributed by atoms with E-state index in [1.54, 1.807) is 0 Å². The fourth-order valence-electron chi connectivity index (χ4n) is 2.33. The summed E-state index contributed by atoms with van der Waals surface area (Å²) in [6.07, 6.45) is 5.56. The molecule has 0 bridgehead atoms. The van der Waals surface area contributed by atoms with E-state index in [1.807, 2.05) is 0 Å². The highest BCUT2D eigenvalue weighted by molar-refractivity contribution is 4.87. The smallest absolute Gasteiger partial charge is 0.0119 e. The van der Waals surface area contributed by atoms with Crippen molar-refractivity contribution in [3.63, 3.8) is 0 Å². The minimum Gasteiger partial charge on any atom is -0.312 e. The van der Waals surface area contributed by atoms with Gasteiger partial charge in [0.25, 0.3) is 0 Å². The molecule has 0 saturated heterocycles. The van der Waals surface area contributed by atoms with Crippen molar-refractivity contribution in [2.24, 2.45) is 5.41 Å². The van der Waals surface area contributed by atoms with Crippen molar-refractivity contribution in [2.75, 3.05) is 27.2 Å². The Labute approximate surface area is 89.1 Å². The Morgan fingerprint density at radius 2 is 2.00 bits per heavy atom. The molecule has 0 aromatic heterocycles. The largest absolute Gasteiger partial charge is 0.312 e. The summed E-state index contributed by atoms with van der Waals surface area (Å²) in [6.45, 7) is 7.08. The number of hydrogen-bond acceptors (Lipinski definition) is 2. The van der Waals surface area contributed by atoms with E-state index in [0.29, 0.717) is 5.41 Å². The molecular weight excluding hydrogens is 172 g/mol. The molecule has 0 aliphatic heterocycles. The lowest BCUT2D eigenvalue weighted by Gasteiger charge is -2.39.